The number of nitrogens with two attached hydrogens (primary N) is 1. The predicted molar refractivity (Wildman–Crippen MR) is 63.9 cm³/mol. The smallest absolute Gasteiger partial charge is 0.344 e. The molecule has 1 aromatic rings. The predicted octanol–water partition coefficient (Wildman–Crippen LogP) is 0.682. The maximum absolute atomic E-state index is 12.2. The number of carbonyl (C=O) groups is 2. The first-order chi connectivity index (χ1) is 8.65. The molecule has 1 saturated heterocycles. The molecule has 18 heavy (non-hydrogen) atoms. The molecule has 1 aromatic heterocycles. The molecule has 0 aromatic carbocycles. The van der Waals surface area contributed by atoms with Crippen LogP contribution in [0.25, 0.3) is 0 Å². The summed E-state index contributed by atoms with van der Waals surface area (Å²) in [6.07, 6.45) is 6.46. The van der Waals surface area contributed by atoms with Gasteiger partial charge in [-0.25, -0.2) is 4.79 Å². The van der Waals surface area contributed by atoms with Crippen molar-refractivity contribution in [3.63, 3.8) is 0 Å². The van der Waals surface area contributed by atoms with E-state index in [9.17, 15) is 9.59 Å². The summed E-state index contributed by atoms with van der Waals surface area (Å²) < 4.78 is 1.21. The molecule has 1 aliphatic carbocycles. The van der Waals surface area contributed by atoms with E-state index in [1.165, 1.54) is 36.3 Å². The van der Waals surface area contributed by atoms with Crippen LogP contribution in [0.3, 0.4) is 0 Å². The van der Waals surface area contributed by atoms with Gasteiger partial charge in [0.25, 0.3) is 5.91 Å². The van der Waals surface area contributed by atoms with Crippen LogP contribution >= 0.6 is 0 Å². The Balaban J connectivity index is 1.72. The number of hydrogen-bond donors (Lipinski definition) is 1. The zero-order valence-corrected chi connectivity index (χ0v) is 10.1. The fourth-order valence-corrected chi connectivity index (χ4v) is 3.09. The van der Waals surface area contributed by atoms with Crippen molar-refractivity contribution in [3.8, 4) is 0 Å². The molecule has 2 fully saturated rings. The van der Waals surface area contributed by atoms with Crippen molar-refractivity contribution in [1.82, 2.24) is 14.7 Å². The van der Waals surface area contributed by atoms with Crippen LogP contribution in [0.1, 0.15) is 29.6 Å². The van der Waals surface area contributed by atoms with E-state index in [1.54, 1.807) is 0 Å². The van der Waals surface area contributed by atoms with Crippen molar-refractivity contribution in [3.05, 3.63) is 18.0 Å². The summed E-state index contributed by atoms with van der Waals surface area (Å²) in [6, 6.07) is -0.156. The highest BCUT2D eigenvalue weighted by atomic mass is 16.2. The highest BCUT2D eigenvalue weighted by Gasteiger charge is 2.38. The van der Waals surface area contributed by atoms with Crippen LogP contribution in [0.4, 0.5) is 4.79 Å². The summed E-state index contributed by atoms with van der Waals surface area (Å²) in [7, 11) is 0. The molecule has 6 heteroatoms. The summed E-state index contributed by atoms with van der Waals surface area (Å²) in [5.74, 6) is 0.743. The van der Waals surface area contributed by atoms with Gasteiger partial charge < -0.3 is 10.6 Å². The van der Waals surface area contributed by atoms with Crippen molar-refractivity contribution in [1.29, 1.82) is 0 Å². The zero-order chi connectivity index (χ0) is 12.7. The van der Waals surface area contributed by atoms with E-state index in [2.05, 4.69) is 5.10 Å². The summed E-state index contributed by atoms with van der Waals surface area (Å²) in [6.45, 7) is 1.63. The Morgan fingerprint density at radius 2 is 1.94 bits per heavy atom. The van der Waals surface area contributed by atoms with Gasteiger partial charge in [0.1, 0.15) is 0 Å². The molecule has 0 bridgehead atoms. The van der Waals surface area contributed by atoms with Crippen LogP contribution in [-0.4, -0.2) is 39.7 Å². The van der Waals surface area contributed by atoms with Crippen molar-refractivity contribution in [2.45, 2.75) is 19.3 Å². The lowest BCUT2D eigenvalue weighted by atomic mass is 10.0. The second-order valence-corrected chi connectivity index (χ2v) is 5.18. The average Bonchev–Trinajstić information content (AvgIpc) is 3.02. The van der Waals surface area contributed by atoms with E-state index >= 15 is 0 Å². The first-order valence-electron chi connectivity index (χ1n) is 6.29. The van der Waals surface area contributed by atoms with Gasteiger partial charge in [-0.3, -0.25) is 4.79 Å². The minimum atomic E-state index is -0.563. The Kier molecular flexibility index (Phi) is 2.57. The summed E-state index contributed by atoms with van der Waals surface area (Å²) in [5, 5.41) is 3.90. The van der Waals surface area contributed by atoms with Crippen molar-refractivity contribution < 1.29 is 9.59 Å². The largest absolute Gasteiger partial charge is 0.366 e. The van der Waals surface area contributed by atoms with Crippen LogP contribution in [0.2, 0.25) is 0 Å². The number of hydrogen-bond acceptors (Lipinski definition) is 3. The highest BCUT2D eigenvalue weighted by Crippen LogP contribution is 2.37. The summed E-state index contributed by atoms with van der Waals surface area (Å²) in [4.78, 5) is 25.0. The van der Waals surface area contributed by atoms with Crippen LogP contribution < -0.4 is 5.73 Å². The van der Waals surface area contributed by atoms with Crippen molar-refractivity contribution in [2.24, 2.45) is 17.6 Å². The molecule has 2 amide bonds. The first-order valence-corrected chi connectivity index (χ1v) is 6.29. The Bertz CT molecular complexity index is 484. The highest BCUT2D eigenvalue weighted by molar-refractivity contribution is 5.93. The summed E-state index contributed by atoms with van der Waals surface area (Å²) >= 11 is 0. The number of carbonyl (C=O) groups excluding carboxylic acids is 2. The van der Waals surface area contributed by atoms with Crippen LogP contribution in [0, 0.1) is 11.8 Å². The number of rotatable bonds is 1. The van der Waals surface area contributed by atoms with E-state index in [-0.39, 0.29) is 11.6 Å². The maximum Gasteiger partial charge on any atom is 0.344 e. The Morgan fingerprint density at radius 3 is 2.50 bits per heavy atom. The van der Waals surface area contributed by atoms with E-state index in [4.69, 9.17) is 5.73 Å². The molecule has 6 nitrogen and oxygen atoms in total. The minimum absolute atomic E-state index is 0.156. The Morgan fingerprint density at radius 1 is 1.28 bits per heavy atom. The van der Waals surface area contributed by atoms with Crippen molar-refractivity contribution in [2.75, 3.05) is 13.1 Å². The van der Waals surface area contributed by atoms with Gasteiger partial charge in [-0.1, -0.05) is 6.42 Å². The van der Waals surface area contributed by atoms with E-state index in [1.807, 2.05) is 4.90 Å². The van der Waals surface area contributed by atoms with Gasteiger partial charge in [0, 0.05) is 19.3 Å². The number of primary amides is 1. The fraction of sp³-hybridized carbons (Fsp3) is 0.583. The third kappa shape index (κ3) is 1.77. The van der Waals surface area contributed by atoms with Crippen LogP contribution in [-0.2, 0) is 0 Å². The van der Waals surface area contributed by atoms with E-state index < -0.39 is 5.91 Å². The maximum atomic E-state index is 12.2. The molecule has 96 valence electrons. The zero-order valence-electron chi connectivity index (χ0n) is 10.1. The number of fused-ring (bicyclic) bond motifs is 1. The van der Waals surface area contributed by atoms with Crippen LogP contribution in [0.5, 0.6) is 0 Å². The van der Waals surface area contributed by atoms with Gasteiger partial charge >= 0.3 is 6.03 Å². The Labute approximate surface area is 105 Å². The van der Waals surface area contributed by atoms with Crippen LogP contribution in [0.15, 0.2) is 12.4 Å². The van der Waals surface area contributed by atoms with Gasteiger partial charge in [0.2, 0.25) is 0 Å². The second-order valence-electron chi connectivity index (χ2n) is 5.18. The number of aromatic nitrogens is 2. The Hall–Kier alpha value is -1.85. The van der Waals surface area contributed by atoms with Gasteiger partial charge in [-0.2, -0.15) is 9.78 Å². The molecule has 3 rings (SSSR count). The molecule has 2 aliphatic rings. The molecule has 2 atom stereocenters. The molecule has 0 spiro atoms. The fourth-order valence-electron chi connectivity index (χ4n) is 3.09. The molecular weight excluding hydrogens is 232 g/mol. The average molecular weight is 248 g/mol. The minimum Gasteiger partial charge on any atom is -0.366 e. The lowest BCUT2D eigenvalue weighted by Crippen LogP contribution is -2.33. The van der Waals surface area contributed by atoms with Gasteiger partial charge in [0.05, 0.1) is 11.8 Å². The van der Waals surface area contributed by atoms with E-state index in [0.717, 1.165) is 13.1 Å². The molecular formula is C12H16N4O2. The molecule has 1 aliphatic heterocycles. The normalized spacial score (nSPS) is 26.3. The quantitative estimate of drug-likeness (QED) is 0.793. The van der Waals surface area contributed by atoms with Gasteiger partial charge in [-0.15, -0.1) is 0 Å². The topological polar surface area (TPSA) is 81.2 Å². The monoisotopic (exact) mass is 248 g/mol. The molecule has 1 saturated carbocycles. The van der Waals surface area contributed by atoms with Gasteiger partial charge in [0.15, 0.2) is 0 Å². The molecule has 2 N–H and O–H groups in total. The van der Waals surface area contributed by atoms with Gasteiger partial charge in [-0.05, 0) is 24.7 Å². The lowest BCUT2D eigenvalue weighted by molar-refractivity contribution is 0.100. The molecule has 2 heterocycles. The third-order valence-electron chi connectivity index (χ3n) is 4.06. The number of amides is 2. The van der Waals surface area contributed by atoms with E-state index in [0.29, 0.717) is 11.8 Å². The first kappa shape index (κ1) is 11.3. The second kappa shape index (κ2) is 4.12. The number of nitrogens with zero attached hydrogens (tertiary/aromatic N) is 3. The van der Waals surface area contributed by atoms with Crippen molar-refractivity contribution >= 4 is 11.9 Å². The lowest BCUT2D eigenvalue weighted by Gasteiger charge is -2.16. The SMILES string of the molecule is NC(=O)c1cnn(C(=O)N2C[C@H]3CCC[C@H]3C2)c1. The summed E-state index contributed by atoms with van der Waals surface area (Å²) in [5.41, 5.74) is 5.40. The standard InChI is InChI=1S/C12H16N4O2/c13-11(17)10-4-14-16(7-10)12(18)15-5-8-2-1-3-9(8)6-15/h4,7-9H,1-3,5-6H2,(H2,13,17)/t8-,9+. The number of likely N-dealkylation sites (tertiary alicyclic amines) is 1. The molecule has 0 unspecified atom stereocenters. The third-order valence-corrected chi connectivity index (χ3v) is 4.06. The molecule has 0 radical (unpaired) electrons.